The van der Waals surface area contributed by atoms with Crippen molar-refractivity contribution in [1.82, 2.24) is 4.90 Å². The van der Waals surface area contributed by atoms with Gasteiger partial charge >= 0.3 is 5.97 Å². The summed E-state index contributed by atoms with van der Waals surface area (Å²) < 4.78 is 54.4. The molecular weight excluding hydrogens is 895 g/mol. The van der Waals surface area contributed by atoms with Crippen molar-refractivity contribution in [3.8, 4) is 0 Å². The zero-order valence-corrected chi connectivity index (χ0v) is 39.2. The summed E-state index contributed by atoms with van der Waals surface area (Å²) in [6, 6.07) is 54.1. The lowest BCUT2D eigenvalue weighted by atomic mass is 9.94. The monoisotopic (exact) mass is 949 g/mol. The van der Waals surface area contributed by atoms with Crippen LogP contribution in [0.25, 0.3) is 0 Å². The van der Waals surface area contributed by atoms with Crippen molar-refractivity contribution in [1.29, 1.82) is 0 Å². The molecule has 0 radical (unpaired) electrons. The third kappa shape index (κ3) is 11.7. The molecule has 0 spiro atoms. The highest BCUT2D eigenvalue weighted by Crippen LogP contribution is 2.43. The second-order valence-electron chi connectivity index (χ2n) is 17.2. The van der Waals surface area contributed by atoms with E-state index in [0.717, 1.165) is 27.1 Å². The van der Waals surface area contributed by atoms with Crippen molar-refractivity contribution in [3.63, 3.8) is 0 Å². The number of nitrogens with zero attached hydrogens (tertiary/aromatic N) is 1. The second kappa shape index (κ2) is 23.1. The molecule has 13 heteroatoms. The average molecular weight is 950 g/mol. The molecule has 6 aromatic carbocycles. The molecule has 2 saturated heterocycles. The van der Waals surface area contributed by atoms with Crippen molar-refractivity contribution in [3.05, 3.63) is 209 Å². The third-order valence-corrected chi connectivity index (χ3v) is 13.5. The van der Waals surface area contributed by atoms with Gasteiger partial charge in [0.15, 0.2) is 12.4 Å². The molecule has 0 unspecified atom stereocenters. The summed E-state index contributed by atoms with van der Waals surface area (Å²) in [5, 5.41) is 0. The number of fused-ring (bicyclic) bond motifs is 1. The molecule has 0 aliphatic carbocycles. The number of imide groups is 1. The average Bonchev–Trinajstić information content (AvgIpc) is 3.63. The molecule has 3 heterocycles. The molecule has 3 aliphatic heterocycles. The van der Waals surface area contributed by atoms with Crippen molar-refractivity contribution in [2.75, 3.05) is 6.61 Å². The smallest absolute Gasteiger partial charge is 0.303 e. The number of ether oxygens (including phenoxy) is 8. The van der Waals surface area contributed by atoms with Gasteiger partial charge in [0.05, 0.1) is 50.3 Å². The molecule has 2 fully saturated rings. The van der Waals surface area contributed by atoms with E-state index in [0.29, 0.717) is 0 Å². The largest absolute Gasteiger partial charge is 0.457 e. The van der Waals surface area contributed by atoms with E-state index < -0.39 is 78.3 Å². The number of amides is 2. The number of hydrogen-bond donors (Lipinski definition) is 0. The van der Waals surface area contributed by atoms with Crippen LogP contribution in [0.15, 0.2) is 181 Å². The summed E-state index contributed by atoms with van der Waals surface area (Å²) in [5.74, 6) is -1.70. The van der Waals surface area contributed by atoms with Crippen LogP contribution in [0.4, 0.5) is 0 Å². The van der Waals surface area contributed by atoms with Gasteiger partial charge in [-0.1, -0.05) is 163 Å². The summed E-state index contributed by atoms with van der Waals surface area (Å²) >= 11 is 1.32. The Morgan fingerprint density at radius 2 is 0.986 bits per heavy atom. The molecule has 0 N–H and O–H groups in total. The fraction of sp³-hybridized carbons (Fsp3) is 0.304. The first-order valence-electron chi connectivity index (χ1n) is 23.2. The number of rotatable bonds is 19. The topological polar surface area (TPSA) is 128 Å². The van der Waals surface area contributed by atoms with Gasteiger partial charge in [0, 0.05) is 11.8 Å². The maximum atomic E-state index is 14.7. The number of carbonyl (C=O) groups excluding carboxylic acids is 3. The minimum Gasteiger partial charge on any atom is -0.457 e. The van der Waals surface area contributed by atoms with Gasteiger partial charge in [0.1, 0.15) is 42.0 Å². The number of thioether (sulfide) groups is 1. The standard InChI is InChI=1S/C56H55NO11S/c1-37-48(62-33-40-22-10-4-11-23-40)51(63-34-41-24-12-5-13-25-41)52(64-35-42-26-14-6-15-27-42)55(65-37)68-50-47(57-53(59)44-30-18-19-31-45(44)54(57)60)56(69-43-28-16-7-17-29-43)67-46(49(50)66-38(2)58)36-61-32-39-20-8-3-9-21-39/h3-31,37,46-52,55-56H,32-36H2,1-2H3/t37-,46+,47+,48+,49+,50+,51+,52-,55-,56-/m0/s1. The lowest BCUT2D eigenvalue weighted by Gasteiger charge is -2.51. The van der Waals surface area contributed by atoms with Crippen molar-refractivity contribution in [2.45, 2.75) is 106 Å². The fourth-order valence-corrected chi connectivity index (χ4v) is 10.2. The molecule has 0 saturated carbocycles. The molecule has 6 aromatic rings. The number of esters is 1. The molecule has 3 aliphatic rings. The predicted octanol–water partition coefficient (Wildman–Crippen LogP) is 9.20. The minimum absolute atomic E-state index is 0.0402. The number of benzene rings is 6. The van der Waals surface area contributed by atoms with Crippen LogP contribution in [-0.2, 0) is 69.1 Å². The van der Waals surface area contributed by atoms with Crippen LogP contribution >= 0.6 is 11.8 Å². The molecule has 9 rings (SSSR count). The Labute approximate surface area is 406 Å². The second-order valence-corrected chi connectivity index (χ2v) is 18.3. The van der Waals surface area contributed by atoms with Gasteiger partial charge in [-0.25, -0.2) is 0 Å². The Morgan fingerprint density at radius 3 is 1.49 bits per heavy atom. The Morgan fingerprint density at radius 1 is 0.536 bits per heavy atom. The van der Waals surface area contributed by atoms with Gasteiger partial charge in [-0.05, 0) is 53.4 Å². The first kappa shape index (κ1) is 48.0. The molecule has 12 nitrogen and oxygen atoms in total. The summed E-state index contributed by atoms with van der Waals surface area (Å²) in [7, 11) is 0. The molecular formula is C56H55NO11S. The van der Waals surface area contributed by atoms with E-state index in [1.807, 2.05) is 159 Å². The van der Waals surface area contributed by atoms with Crippen LogP contribution in [0.5, 0.6) is 0 Å². The van der Waals surface area contributed by atoms with Crippen molar-refractivity contribution in [2.24, 2.45) is 0 Å². The van der Waals surface area contributed by atoms with Crippen LogP contribution in [-0.4, -0.2) is 89.8 Å². The molecule has 0 aromatic heterocycles. The highest BCUT2D eigenvalue weighted by molar-refractivity contribution is 7.99. The van der Waals surface area contributed by atoms with Crippen molar-refractivity contribution >= 4 is 29.5 Å². The first-order chi connectivity index (χ1) is 33.8. The summed E-state index contributed by atoms with van der Waals surface area (Å²) in [4.78, 5) is 44.8. The highest BCUT2D eigenvalue weighted by Gasteiger charge is 2.58. The van der Waals surface area contributed by atoms with E-state index in [9.17, 15) is 14.4 Å². The molecule has 10 atom stereocenters. The predicted molar refractivity (Wildman–Crippen MR) is 258 cm³/mol. The van der Waals surface area contributed by atoms with Crippen LogP contribution in [0.2, 0.25) is 0 Å². The maximum absolute atomic E-state index is 14.7. The van der Waals surface area contributed by atoms with Crippen LogP contribution in [0.3, 0.4) is 0 Å². The van der Waals surface area contributed by atoms with Crippen LogP contribution in [0, 0.1) is 0 Å². The molecule has 0 bridgehead atoms. The fourth-order valence-electron chi connectivity index (χ4n) is 9.00. The number of carbonyl (C=O) groups is 3. The minimum atomic E-state index is -1.27. The van der Waals surface area contributed by atoms with E-state index in [1.54, 1.807) is 24.3 Å². The van der Waals surface area contributed by atoms with Gasteiger partial charge in [-0.15, -0.1) is 0 Å². The SMILES string of the molecule is CC(=O)O[C@H]1[C@H](O[C@@H]2O[C@@H](C)[C@@H](OCc3ccccc3)[C@@H](OCc3ccccc3)[C@@H]2OCc2ccccc2)[C@@H](N2C(=O)c3ccccc3C2=O)[C@H](Sc2ccccc2)O[C@@H]1COCc1ccccc1. The Balaban J connectivity index is 1.14. The lowest BCUT2D eigenvalue weighted by molar-refractivity contribution is -0.345. The van der Waals surface area contributed by atoms with E-state index in [-0.39, 0.29) is 44.2 Å². The first-order valence-corrected chi connectivity index (χ1v) is 24.1. The normalized spacial score (nSPS) is 25.6. The molecule has 356 valence electrons. The zero-order valence-electron chi connectivity index (χ0n) is 38.4. The van der Waals surface area contributed by atoms with E-state index >= 15 is 0 Å². The Bertz CT molecular complexity index is 2560. The van der Waals surface area contributed by atoms with Crippen LogP contribution < -0.4 is 0 Å². The third-order valence-electron chi connectivity index (χ3n) is 12.3. The summed E-state index contributed by atoms with van der Waals surface area (Å²) in [6.07, 6.45) is -7.79. The Hall–Kier alpha value is -6.00. The summed E-state index contributed by atoms with van der Waals surface area (Å²) in [6.45, 7) is 4.01. The van der Waals surface area contributed by atoms with Crippen LogP contribution in [0.1, 0.15) is 56.8 Å². The molecule has 2 amide bonds. The summed E-state index contributed by atoms with van der Waals surface area (Å²) in [5.41, 5.74) is 3.22. The van der Waals surface area contributed by atoms with Crippen molar-refractivity contribution < 1.29 is 52.3 Å². The maximum Gasteiger partial charge on any atom is 0.303 e. The van der Waals surface area contributed by atoms with Gasteiger partial charge in [0.2, 0.25) is 0 Å². The van der Waals surface area contributed by atoms with Gasteiger partial charge in [-0.3, -0.25) is 19.3 Å². The van der Waals surface area contributed by atoms with Gasteiger partial charge in [-0.2, -0.15) is 0 Å². The molecule has 69 heavy (non-hydrogen) atoms. The lowest BCUT2D eigenvalue weighted by Crippen LogP contribution is -2.68. The van der Waals surface area contributed by atoms with Gasteiger partial charge in [0.25, 0.3) is 11.8 Å². The zero-order chi connectivity index (χ0) is 47.5. The van der Waals surface area contributed by atoms with Gasteiger partial charge < -0.3 is 37.9 Å². The highest BCUT2D eigenvalue weighted by atomic mass is 32.2. The van der Waals surface area contributed by atoms with E-state index in [4.69, 9.17) is 37.9 Å². The Kier molecular flexibility index (Phi) is 16.1. The number of hydrogen-bond acceptors (Lipinski definition) is 12. The quantitative estimate of drug-likeness (QED) is 0.0568. The van der Waals surface area contributed by atoms with E-state index in [1.165, 1.54) is 23.6 Å². The van der Waals surface area contributed by atoms with E-state index in [2.05, 4.69) is 0 Å².